The van der Waals surface area contributed by atoms with E-state index in [-0.39, 0.29) is 11.9 Å². The highest BCUT2D eigenvalue weighted by Crippen LogP contribution is 2.30. The molecule has 1 aliphatic carbocycles. The average Bonchev–Trinajstić information content (AvgIpc) is 3.30. The summed E-state index contributed by atoms with van der Waals surface area (Å²) in [5, 5.41) is 2.85. The van der Waals surface area contributed by atoms with Gasteiger partial charge in [-0.1, -0.05) is 12.1 Å². The van der Waals surface area contributed by atoms with Crippen LogP contribution in [0.1, 0.15) is 34.5 Å². The van der Waals surface area contributed by atoms with Crippen molar-refractivity contribution in [3.8, 4) is 11.4 Å². The van der Waals surface area contributed by atoms with Crippen molar-refractivity contribution in [1.82, 2.24) is 15.3 Å². The van der Waals surface area contributed by atoms with Gasteiger partial charge >= 0.3 is 6.18 Å². The highest BCUT2D eigenvalue weighted by Gasteiger charge is 2.30. The number of nitrogens with one attached hydrogen (secondary N) is 1. The van der Waals surface area contributed by atoms with Crippen molar-refractivity contribution in [2.45, 2.75) is 32.0 Å². The standard InChI is InChI=1S/C16H14F3N3O/c1-9-13(15(23)22-12-6-7-12)8-20-14(21-9)10-2-4-11(5-3-10)16(17,18)19/h2-5,8,12H,6-7H2,1H3,(H,22,23). The van der Waals surface area contributed by atoms with Crippen LogP contribution in [0.4, 0.5) is 13.2 Å². The average molecular weight is 321 g/mol. The van der Waals surface area contributed by atoms with Gasteiger partial charge in [0.15, 0.2) is 5.82 Å². The summed E-state index contributed by atoms with van der Waals surface area (Å²) in [7, 11) is 0. The third-order valence-electron chi connectivity index (χ3n) is 3.61. The summed E-state index contributed by atoms with van der Waals surface area (Å²) >= 11 is 0. The van der Waals surface area contributed by atoms with Crippen molar-refractivity contribution in [2.75, 3.05) is 0 Å². The Hall–Kier alpha value is -2.44. The molecule has 2 aromatic rings. The Morgan fingerprint density at radius 2 is 1.87 bits per heavy atom. The van der Waals surface area contributed by atoms with Gasteiger partial charge in [0.05, 0.1) is 16.8 Å². The summed E-state index contributed by atoms with van der Waals surface area (Å²) in [6.45, 7) is 1.68. The maximum absolute atomic E-state index is 12.6. The molecule has 0 radical (unpaired) electrons. The van der Waals surface area contributed by atoms with Crippen LogP contribution < -0.4 is 5.32 Å². The third kappa shape index (κ3) is 3.49. The van der Waals surface area contributed by atoms with Gasteiger partial charge in [0.25, 0.3) is 5.91 Å². The number of nitrogens with zero attached hydrogens (tertiary/aromatic N) is 2. The summed E-state index contributed by atoms with van der Waals surface area (Å²) in [5.74, 6) is 0.0724. The van der Waals surface area contributed by atoms with Crippen molar-refractivity contribution < 1.29 is 18.0 Å². The quantitative estimate of drug-likeness (QED) is 0.943. The highest BCUT2D eigenvalue weighted by molar-refractivity contribution is 5.95. The molecular weight excluding hydrogens is 307 g/mol. The fourth-order valence-electron chi connectivity index (χ4n) is 2.13. The van der Waals surface area contributed by atoms with E-state index in [4.69, 9.17) is 0 Å². The van der Waals surface area contributed by atoms with Crippen molar-refractivity contribution in [3.05, 3.63) is 47.3 Å². The van der Waals surface area contributed by atoms with Crippen molar-refractivity contribution >= 4 is 5.91 Å². The molecule has 0 aliphatic heterocycles. The minimum Gasteiger partial charge on any atom is -0.349 e. The topological polar surface area (TPSA) is 54.9 Å². The number of rotatable bonds is 3. The summed E-state index contributed by atoms with van der Waals surface area (Å²) in [6, 6.07) is 4.85. The van der Waals surface area contributed by atoms with Crippen molar-refractivity contribution in [3.63, 3.8) is 0 Å². The third-order valence-corrected chi connectivity index (χ3v) is 3.61. The molecule has 1 aromatic heterocycles. The number of hydrogen-bond acceptors (Lipinski definition) is 3. The van der Waals surface area contributed by atoms with Crippen LogP contribution in [0.5, 0.6) is 0 Å². The lowest BCUT2D eigenvalue weighted by molar-refractivity contribution is -0.137. The Bertz CT molecular complexity index is 737. The second kappa shape index (κ2) is 5.64. The maximum atomic E-state index is 12.6. The molecule has 0 saturated heterocycles. The van der Waals surface area contributed by atoms with E-state index in [2.05, 4.69) is 15.3 Å². The van der Waals surface area contributed by atoms with Crippen LogP contribution in [0.3, 0.4) is 0 Å². The number of benzene rings is 1. The van der Waals surface area contributed by atoms with Crippen LogP contribution in [0, 0.1) is 6.92 Å². The number of aryl methyl sites for hydroxylation is 1. The zero-order valence-electron chi connectivity index (χ0n) is 12.3. The van der Waals surface area contributed by atoms with Gasteiger partial charge in [-0.2, -0.15) is 13.2 Å². The summed E-state index contributed by atoms with van der Waals surface area (Å²) in [6.07, 6.45) is -1.00. The summed E-state index contributed by atoms with van der Waals surface area (Å²) < 4.78 is 37.7. The fraction of sp³-hybridized carbons (Fsp3) is 0.312. The monoisotopic (exact) mass is 321 g/mol. The Morgan fingerprint density at radius 1 is 1.22 bits per heavy atom. The van der Waals surface area contributed by atoms with Gasteiger partial charge in [-0.25, -0.2) is 9.97 Å². The smallest absolute Gasteiger partial charge is 0.349 e. The number of halogens is 3. The SMILES string of the molecule is Cc1nc(-c2ccc(C(F)(F)F)cc2)ncc1C(=O)NC1CC1. The molecule has 1 aliphatic rings. The van der Waals surface area contributed by atoms with Crippen molar-refractivity contribution in [2.24, 2.45) is 0 Å². The first kappa shape index (κ1) is 15.5. The fourth-order valence-corrected chi connectivity index (χ4v) is 2.13. The van der Waals surface area contributed by atoms with E-state index >= 15 is 0 Å². The Morgan fingerprint density at radius 3 is 2.39 bits per heavy atom. The van der Waals surface area contributed by atoms with E-state index in [0.717, 1.165) is 25.0 Å². The number of amides is 1. The number of carbonyl (C=O) groups is 1. The lowest BCUT2D eigenvalue weighted by atomic mass is 10.1. The molecule has 1 heterocycles. The molecule has 1 amide bonds. The van der Waals surface area contributed by atoms with Crippen molar-refractivity contribution in [1.29, 1.82) is 0 Å². The molecule has 1 aromatic carbocycles. The lowest BCUT2D eigenvalue weighted by Gasteiger charge is -2.09. The van der Waals surface area contributed by atoms with E-state index in [1.54, 1.807) is 6.92 Å². The molecule has 1 saturated carbocycles. The van der Waals surface area contributed by atoms with Gasteiger partial charge in [-0.05, 0) is 31.9 Å². The first-order chi connectivity index (χ1) is 10.8. The molecule has 0 unspecified atom stereocenters. The summed E-state index contributed by atoms with van der Waals surface area (Å²) in [4.78, 5) is 20.3. The second-order valence-corrected chi connectivity index (χ2v) is 5.52. The highest BCUT2D eigenvalue weighted by atomic mass is 19.4. The lowest BCUT2D eigenvalue weighted by Crippen LogP contribution is -2.26. The number of carbonyl (C=O) groups excluding carboxylic acids is 1. The van der Waals surface area contributed by atoms with Gasteiger partial charge in [-0.3, -0.25) is 4.79 Å². The molecule has 4 nitrogen and oxygen atoms in total. The van der Waals surface area contributed by atoms with Crippen LogP contribution in [0.2, 0.25) is 0 Å². The normalized spacial score (nSPS) is 14.6. The van der Waals surface area contributed by atoms with E-state index in [1.165, 1.54) is 18.3 Å². The Labute approximate surface area is 130 Å². The minimum absolute atomic E-state index is 0.219. The predicted molar refractivity (Wildman–Crippen MR) is 77.7 cm³/mol. The van der Waals surface area contributed by atoms with Crippen LogP contribution >= 0.6 is 0 Å². The Kier molecular flexibility index (Phi) is 3.79. The first-order valence-electron chi connectivity index (χ1n) is 7.17. The van der Waals surface area contributed by atoms with Gasteiger partial charge < -0.3 is 5.32 Å². The van der Waals surface area contributed by atoms with Crippen LogP contribution in [-0.4, -0.2) is 21.9 Å². The van der Waals surface area contributed by atoms with Crippen LogP contribution in [-0.2, 0) is 6.18 Å². The summed E-state index contributed by atoms with van der Waals surface area (Å²) in [5.41, 5.74) is 0.620. The van der Waals surface area contributed by atoms with Gasteiger partial charge in [0.1, 0.15) is 0 Å². The van der Waals surface area contributed by atoms with Gasteiger partial charge in [0, 0.05) is 17.8 Å². The minimum atomic E-state index is -4.37. The van der Waals surface area contributed by atoms with E-state index in [1.807, 2.05) is 0 Å². The molecule has 120 valence electrons. The zero-order chi connectivity index (χ0) is 16.6. The van der Waals surface area contributed by atoms with Crippen LogP contribution in [0.25, 0.3) is 11.4 Å². The molecular formula is C16H14F3N3O. The van der Waals surface area contributed by atoms with E-state index in [9.17, 15) is 18.0 Å². The molecule has 23 heavy (non-hydrogen) atoms. The van der Waals surface area contributed by atoms with E-state index < -0.39 is 11.7 Å². The maximum Gasteiger partial charge on any atom is 0.416 e. The molecule has 1 N–H and O–H groups in total. The molecule has 3 rings (SSSR count). The number of aromatic nitrogens is 2. The molecule has 0 bridgehead atoms. The van der Waals surface area contributed by atoms with Gasteiger partial charge in [0.2, 0.25) is 0 Å². The zero-order valence-corrected chi connectivity index (χ0v) is 12.3. The number of alkyl halides is 3. The molecule has 0 spiro atoms. The largest absolute Gasteiger partial charge is 0.416 e. The van der Waals surface area contributed by atoms with Gasteiger partial charge in [-0.15, -0.1) is 0 Å². The van der Waals surface area contributed by atoms with E-state index in [0.29, 0.717) is 22.6 Å². The Balaban J connectivity index is 1.83. The molecule has 7 heteroatoms. The van der Waals surface area contributed by atoms with Crippen LogP contribution in [0.15, 0.2) is 30.5 Å². The predicted octanol–water partition coefficient (Wildman–Crippen LogP) is 3.36. The molecule has 1 fully saturated rings. The number of hydrogen-bond donors (Lipinski definition) is 1. The first-order valence-corrected chi connectivity index (χ1v) is 7.17. The second-order valence-electron chi connectivity index (χ2n) is 5.52. The molecule has 0 atom stereocenters.